The van der Waals surface area contributed by atoms with E-state index in [2.05, 4.69) is 37.3 Å². The lowest BCUT2D eigenvalue weighted by Gasteiger charge is -2.27. The van der Waals surface area contributed by atoms with Crippen LogP contribution >= 0.6 is 0 Å². The van der Waals surface area contributed by atoms with E-state index in [0.29, 0.717) is 13.2 Å². The van der Waals surface area contributed by atoms with Gasteiger partial charge in [-0.25, -0.2) is 4.98 Å². The third-order valence-corrected chi connectivity index (χ3v) is 5.09. The second-order valence-electron chi connectivity index (χ2n) is 7.01. The van der Waals surface area contributed by atoms with Crippen molar-refractivity contribution in [1.82, 2.24) is 20.2 Å². The number of aliphatic hydroxyl groups is 1. The van der Waals surface area contributed by atoms with Gasteiger partial charge in [0.1, 0.15) is 5.82 Å². The molecule has 0 amide bonds. The first-order valence-electron chi connectivity index (χ1n) is 9.42. The summed E-state index contributed by atoms with van der Waals surface area (Å²) in [5.74, 6) is 1.68. The van der Waals surface area contributed by atoms with E-state index in [0.717, 1.165) is 44.3 Å². The molecule has 0 bridgehead atoms. The highest BCUT2D eigenvalue weighted by Gasteiger charge is 2.34. The zero-order chi connectivity index (χ0) is 19.0. The average Bonchev–Trinajstić information content (AvgIpc) is 3.33. The molecule has 7 nitrogen and oxygen atoms in total. The van der Waals surface area contributed by atoms with Gasteiger partial charge in [-0.1, -0.05) is 30.3 Å². The van der Waals surface area contributed by atoms with E-state index < -0.39 is 0 Å². The second-order valence-corrected chi connectivity index (χ2v) is 7.01. The fraction of sp³-hybridized carbons (Fsp3) is 0.500. The number of rotatable bonds is 8. The molecular formula is C20H29N5O2. The van der Waals surface area contributed by atoms with E-state index in [9.17, 15) is 5.11 Å². The predicted molar refractivity (Wildman–Crippen MR) is 106 cm³/mol. The SMILES string of the molecule is CN=C(NCc1nccn1Cc1ccccc1)NCC1(CCO)CCOC1. The number of aliphatic imine (C=N–C) groups is 1. The van der Waals surface area contributed by atoms with Crippen LogP contribution in [0.5, 0.6) is 0 Å². The second kappa shape index (κ2) is 9.53. The van der Waals surface area contributed by atoms with Gasteiger partial charge in [0, 0.05) is 51.2 Å². The number of hydrogen-bond acceptors (Lipinski definition) is 4. The molecule has 0 radical (unpaired) electrons. The maximum absolute atomic E-state index is 9.35. The fourth-order valence-electron chi connectivity index (χ4n) is 3.40. The molecule has 2 aromatic rings. The smallest absolute Gasteiger partial charge is 0.191 e. The van der Waals surface area contributed by atoms with Gasteiger partial charge in [0.2, 0.25) is 0 Å². The maximum atomic E-state index is 9.35. The molecule has 146 valence electrons. The van der Waals surface area contributed by atoms with Gasteiger partial charge in [0.05, 0.1) is 13.2 Å². The molecule has 0 aliphatic carbocycles. The summed E-state index contributed by atoms with van der Waals surface area (Å²) in [5.41, 5.74) is 1.23. The number of guanidine groups is 1. The minimum absolute atomic E-state index is 0.0157. The van der Waals surface area contributed by atoms with Crippen molar-refractivity contribution in [2.45, 2.75) is 25.9 Å². The van der Waals surface area contributed by atoms with E-state index in [1.807, 2.05) is 30.6 Å². The van der Waals surface area contributed by atoms with Crippen molar-refractivity contribution in [3.05, 3.63) is 54.1 Å². The molecular weight excluding hydrogens is 342 g/mol. The molecule has 1 fully saturated rings. The third kappa shape index (κ3) is 5.30. The average molecular weight is 371 g/mol. The van der Waals surface area contributed by atoms with E-state index >= 15 is 0 Å². The summed E-state index contributed by atoms with van der Waals surface area (Å²) in [5, 5.41) is 16.1. The molecule has 3 N–H and O–H groups in total. The molecule has 27 heavy (non-hydrogen) atoms. The molecule has 2 heterocycles. The Morgan fingerprint density at radius 2 is 2.19 bits per heavy atom. The molecule has 1 atom stereocenters. The maximum Gasteiger partial charge on any atom is 0.191 e. The van der Waals surface area contributed by atoms with Crippen molar-refractivity contribution in [3.8, 4) is 0 Å². The van der Waals surface area contributed by atoms with E-state index in [-0.39, 0.29) is 12.0 Å². The lowest BCUT2D eigenvalue weighted by molar-refractivity contribution is 0.127. The number of nitrogens with zero attached hydrogens (tertiary/aromatic N) is 3. The summed E-state index contributed by atoms with van der Waals surface area (Å²) >= 11 is 0. The molecule has 1 saturated heterocycles. The highest BCUT2D eigenvalue weighted by atomic mass is 16.5. The summed E-state index contributed by atoms with van der Waals surface area (Å²) < 4.78 is 7.68. The predicted octanol–water partition coefficient (Wildman–Crippen LogP) is 1.39. The minimum Gasteiger partial charge on any atom is -0.396 e. The van der Waals surface area contributed by atoms with Crippen LogP contribution in [0, 0.1) is 5.41 Å². The van der Waals surface area contributed by atoms with Crippen molar-refractivity contribution in [2.24, 2.45) is 10.4 Å². The number of aliphatic hydroxyl groups excluding tert-OH is 1. The number of imidazole rings is 1. The highest BCUT2D eigenvalue weighted by molar-refractivity contribution is 5.79. The number of hydrogen-bond donors (Lipinski definition) is 3. The zero-order valence-electron chi connectivity index (χ0n) is 15.9. The molecule has 0 spiro atoms. The Labute approximate surface area is 160 Å². The van der Waals surface area contributed by atoms with Crippen LogP contribution in [0.2, 0.25) is 0 Å². The van der Waals surface area contributed by atoms with Crippen molar-refractivity contribution >= 4 is 5.96 Å². The molecule has 1 unspecified atom stereocenters. The Kier molecular flexibility index (Phi) is 6.84. The van der Waals surface area contributed by atoms with E-state index in [1.165, 1.54) is 5.56 Å². The quantitative estimate of drug-likeness (QED) is 0.482. The Bertz CT molecular complexity index is 723. The van der Waals surface area contributed by atoms with Gasteiger partial charge < -0.3 is 25.0 Å². The number of ether oxygens (including phenoxy) is 1. The number of aromatic nitrogens is 2. The van der Waals surface area contributed by atoms with Crippen molar-refractivity contribution in [3.63, 3.8) is 0 Å². The number of benzene rings is 1. The molecule has 1 aromatic carbocycles. The minimum atomic E-state index is -0.0157. The van der Waals surface area contributed by atoms with Crippen LogP contribution < -0.4 is 10.6 Å². The Balaban J connectivity index is 1.53. The molecule has 0 saturated carbocycles. The van der Waals surface area contributed by atoms with Crippen LogP contribution in [0.1, 0.15) is 24.2 Å². The number of nitrogens with one attached hydrogen (secondary N) is 2. The van der Waals surface area contributed by atoms with Crippen LogP contribution in [-0.2, 0) is 17.8 Å². The first kappa shape index (κ1) is 19.4. The Hall–Kier alpha value is -2.38. The summed E-state index contributed by atoms with van der Waals surface area (Å²) in [6.45, 7) is 3.72. The van der Waals surface area contributed by atoms with Crippen LogP contribution in [0.3, 0.4) is 0 Å². The van der Waals surface area contributed by atoms with Crippen LogP contribution in [0.25, 0.3) is 0 Å². The van der Waals surface area contributed by atoms with E-state index in [1.54, 1.807) is 7.05 Å². The topological polar surface area (TPSA) is 83.7 Å². The van der Waals surface area contributed by atoms with Crippen molar-refractivity contribution in [1.29, 1.82) is 0 Å². The lowest BCUT2D eigenvalue weighted by atomic mass is 9.84. The Morgan fingerprint density at radius 1 is 1.33 bits per heavy atom. The zero-order valence-corrected chi connectivity index (χ0v) is 15.9. The van der Waals surface area contributed by atoms with Gasteiger partial charge in [-0.3, -0.25) is 4.99 Å². The standard InChI is InChI=1S/C20H29N5O2/c1-21-19(24-15-20(7-11-26)8-12-27-16-20)23-13-18-22-9-10-25(18)14-17-5-3-2-4-6-17/h2-6,9-10,26H,7-8,11-16H2,1H3,(H2,21,23,24). The normalized spacial score (nSPS) is 20.0. The van der Waals surface area contributed by atoms with Gasteiger partial charge in [0.25, 0.3) is 0 Å². The van der Waals surface area contributed by atoms with Crippen molar-refractivity contribution < 1.29 is 9.84 Å². The summed E-state index contributed by atoms with van der Waals surface area (Å²) in [6, 6.07) is 10.3. The fourth-order valence-corrected chi connectivity index (χ4v) is 3.40. The van der Waals surface area contributed by atoms with Crippen LogP contribution in [0.4, 0.5) is 0 Å². The molecule has 3 rings (SSSR count). The van der Waals surface area contributed by atoms with Gasteiger partial charge in [-0.15, -0.1) is 0 Å². The van der Waals surface area contributed by atoms with Crippen LogP contribution in [0.15, 0.2) is 47.7 Å². The molecule has 1 aliphatic heterocycles. The van der Waals surface area contributed by atoms with Gasteiger partial charge in [-0.05, 0) is 18.4 Å². The van der Waals surface area contributed by atoms with Gasteiger partial charge >= 0.3 is 0 Å². The monoisotopic (exact) mass is 371 g/mol. The van der Waals surface area contributed by atoms with Gasteiger partial charge in [0.15, 0.2) is 5.96 Å². The lowest BCUT2D eigenvalue weighted by Crippen LogP contribution is -2.44. The molecule has 1 aromatic heterocycles. The first-order chi connectivity index (χ1) is 13.2. The summed E-state index contributed by atoms with van der Waals surface area (Å²) in [6.07, 6.45) is 5.51. The largest absolute Gasteiger partial charge is 0.396 e. The van der Waals surface area contributed by atoms with Crippen molar-refractivity contribution in [2.75, 3.05) is 33.4 Å². The molecule has 1 aliphatic rings. The summed E-state index contributed by atoms with van der Waals surface area (Å²) in [4.78, 5) is 8.77. The highest BCUT2D eigenvalue weighted by Crippen LogP contribution is 2.31. The summed E-state index contributed by atoms with van der Waals surface area (Å²) in [7, 11) is 1.76. The third-order valence-electron chi connectivity index (χ3n) is 5.09. The Morgan fingerprint density at radius 3 is 2.89 bits per heavy atom. The van der Waals surface area contributed by atoms with E-state index in [4.69, 9.17) is 4.74 Å². The molecule has 7 heteroatoms. The van der Waals surface area contributed by atoms with Crippen LogP contribution in [-0.4, -0.2) is 54.0 Å². The van der Waals surface area contributed by atoms with Gasteiger partial charge in [-0.2, -0.15) is 0 Å². The first-order valence-corrected chi connectivity index (χ1v) is 9.42.